The maximum absolute atomic E-state index is 2.42. The van der Waals surface area contributed by atoms with Crippen LogP contribution >= 0.6 is 21.4 Å². The van der Waals surface area contributed by atoms with Gasteiger partial charge in [-0.3, -0.25) is 0 Å². The van der Waals surface area contributed by atoms with Crippen LogP contribution in [0.1, 0.15) is 43.6 Å². The quantitative estimate of drug-likeness (QED) is 0.302. The maximum atomic E-state index is 2.42. The first-order chi connectivity index (χ1) is 14.9. The first kappa shape index (κ1) is 20.9. The van der Waals surface area contributed by atoms with Gasteiger partial charge in [-0.05, 0) is 61.3 Å². The summed E-state index contributed by atoms with van der Waals surface area (Å²) in [6, 6.07) is 22.8. The monoisotopic (exact) mass is 447 g/mol. The van der Waals surface area contributed by atoms with E-state index < -0.39 is 10.0 Å². The van der Waals surface area contributed by atoms with Crippen molar-refractivity contribution in [1.29, 1.82) is 0 Å². The molecule has 5 rings (SSSR count). The molecular formula is C28H33NS2. The summed E-state index contributed by atoms with van der Waals surface area (Å²) in [5.41, 5.74) is 4.25. The SMILES string of the molecule is CN(c1ccccc1S(C)(C)C)c1cccc2c1sc1c(C3CCCCC3)cccc12. The Hall–Kier alpha value is -1.97. The van der Waals surface area contributed by atoms with Crippen molar-refractivity contribution in [2.24, 2.45) is 0 Å². The number of para-hydroxylation sites is 1. The van der Waals surface area contributed by atoms with Crippen molar-refractivity contribution in [3.05, 3.63) is 66.2 Å². The normalized spacial score (nSPS) is 16.1. The first-order valence-corrected chi connectivity index (χ1v) is 15.1. The molecular weight excluding hydrogens is 414 g/mol. The molecule has 0 amide bonds. The van der Waals surface area contributed by atoms with Gasteiger partial charge in [0.15, 0.2) is 0 Å². The van der Waals surface area contributed by atoms with Crippen molar-refractivity contribution >= 4 is 52.9 Å². The average Bonchev–Trinajstić information content (AvgIpc) is 3.17. The summed E-state index contributed by atoms with van der Waals surface area (Å²) in [6.45, 7) is 0. The van der Waals surface area contributed by atoms with E-state index in [2.05, 4.69) is 91.4 Å². The average molecular weight is 448 g/mol. The van der Waals surface area contributed by atoms with Gasteiger partial charge in [0.1, 0.15) is 0 Å². The lowest BCUT2D eigenvalue weighted by atomic mass is 9.84. The Morgan fingerprint density at radius 1 is 0.742 bits per heavy atom. The number of rotatable bonds is 4. The third-order valence-corrected chi connectivity index (χ3v) is 9.78. The fourth-order valence-corrected chi connectivity index (χ4v) is 7.97. The third-order valence-electron chi connectivity index (χ3n) is 6.83. The maximum Gasteiger partial charge on any atom is 0.0592 e. The van der Waals surface area contributed by atoms with Crippen molar-refractivity contribution in [3.63, 3.8) is 0 Å². The zero-order valence-electron chi connectivity index (χ0n) is 19.2. The summed E-state index contributed by atoms with van der Waals surface area (Å²) < 4.78 is 2.93. The topological polar surface area (TPSA) is 3.24 Å². The van der Waals surface area contributed by atoms with Crippen molar-refractivity contribution in [1.82, 2.24) is 0 Å². The lowest BCUT2D eigenvalue weighted by Crippen LogP contribution is -2.12. The number of nitrogens with zero attached hydrogens (tertiary/aromatic N) is 1. The standard InChI is InChI=1S/C28H33NS2/c1-29(24-17-8-9-19-26(24)31(2,3)4)25-18-11-16-23-22-15-10-14-21(27(22)30-28(23)25)20-12-6-5-7-13-20/h8-11,14-20H,5-7,12-13H2,1-4H3. The van der Waals surface area contributed by atoms with Crippen LogP contribution in [0.4, 0.5) is 11.4 Å². The molecule has 0 bridgehead atoms. The van der Waals surface area contributed by atoms with Gasteiger partial charge < -0.3 is 4.90 Å². The smallest absolute Gasteiger partial charge is 0.0592 e. The zero-order valence-corrected chi connectivity index (χ0v) is 20.8. The lowest BCUT2D eigenvalue weighted by Gasteiger charge is -2.32. The molecule has 1 nitrogen and oxygen atoms in total. The molecule has 1 fully saturated rings. The van der Waals surface area contributed by atoms with Crippen LogP contribution in [0.15, 0.2) is 65.6 Å². The number of hydrogen-bond acceptors (Lipinski definition) is 2. The Bertz CT molecular complexity index is 1220. The predicted octanol–water partition coefficient (Wildman–Crippen LogP) is 8.92. The molecule has 162 valence electrons. The fourth-order valence-electron chi connectivity index (χ4n) is 5.21. The van der Waals surface area contributed by atoms with E-state index in [9.17, 15) is 0 Å². The molecule has 1 aliphatic carbocycles. The highest BCUT2D eigenvalue weighted by Gasteiger charge is 2.22. The van der Waals surface area contributed by atoms with E-state index >= 15 is 0 Å². The minimum absolute atomic E-state index is 0.733. The minimum atomic E-state index is -0.824. The molecule has 1 aliphatic rings. The summed E-state index contributed by atoms with van der Waals surface area (Å²) in [5, 5.41) is 2.84. The molecule has 0 spiro atoms. The second-order valence-electron chi connectivity index (χ2n) is 9.68. The predicted molar refractivity (Wildman–Crippen MR) is 143 cm³/mol. The number of hydrogen-bond donors (Lipinski definition) is 0. The molecule has 1 saturated carbocycles. The molecule has 0 radical (unpaired) electrons. The molecule has 0 unspecified atom stereocenters. The van der Waals surface area contributed by atoms with Crippen LogP contribution in [0.25, 0.3) is 20.2 Å². The molecule has 0 N–H and O–H groups in total. The zero-order chi connectivity index (χ0) is 21.6. The van der Waals surface area contributed by atoms with Gasteiger partial charge >= 0.3 is 0 Å². The summed E-state index contributed by atoms with van der Waals surface area (Å²) in [5.74, 6) is 0.733. The summed E-state index contributed by atoms with van der Waals surface area (Å²) in [4.78, 5) is 3.89. The van der Waals surface area contributed by atoms with Gasteiger partial charge in [0.25, 0.3) is 0 Å². The Morgan fingerprint density at radius 2 is 1.39 bits per heavy atom. The van der Waals surface area contributed by atoms with E-state index in [-0.39, 0.29) is 0 Å². The van der Waals surface area contributed by atoms with Crippen LogP contribution in [0.2, 0.25) is 0 Å². The van der Waals surface area contributed by atoms with Gasteiger partial charge in [-0.1, -0.05) is 61.7 Å². The highest BCUT2D eigenvalue weighted by atomic mass is 32.3. The Balaban J connectivity index is 1.68. The van der Waals surface area contributed by atoms with E-state index in [0.717, 1.165) is 5.92 Å². The van der Waals surface area contributed by atoms with Gasteiger partial charge in [-0.25, -0.2) is 10.0 Å². The van der Waals surface area contributed by atoms with Gasteiger partial charge in [-0.15, -0.1) is 11.3 Å². The van der Waals surface area contributed by atoms with Crippen molar-refractivity contribution in [2.75, 3.05) is 30.7 Å². The molecule has 0 saturated heterocycles. The van der Waals surface area contributed by atoms with Crippen LogP contribution in [-0.2, 0) is 0 Å². The van der Waals surface area contributed by atoms with Gasteiger partial charge in [0.05, 0.1) is 16.1 Å². The van der Waals surface area contributed by atoms with E-state index in [4.69, 9.17) is 0 Å². The molecule has 0 aliphatic heterocycles. The molecule has 1 heterocycles. The summed E-state index contributed by atoms with van der Waals surface area (Å²) in [7, 11) is 1.42. The Morgan fingerprint density at radius 3 is 2.13 bits per heavy atom. The number of thiophene rings is 1. The van der Waals surface area contributed by atoms with E-state index in [1.54, 1.807) is 5.56 Å². The number of benzene rings is 3. The molecule has 3 aromatic carbocycles. The van der Waals surface area contributed by atoms with Crippen LogP contribution in [0, 0.1) is 0 Å². The molecule has 3 heteroatoms. The van der Waals surface area contributed by atoms with Crippen molar-refractivity contribution in [2.45, 2.75) is 42.9 Å². The molecule has 1 aromatic heterocycles. The number of fused-ring (bicyclic) bond motifs is 3. The van der Waals surface area contributed by atoms with E-state index in [1.165, 1.54) is 68.5 Å². The third kappa shape index (κ3) is 3.76. The van der Waals surface area contributed by atoms with Crippen LogP contribution in [-0.4, -0.2) is 25.8 Å². The second-order valence-corrected chi connectivity index (χ2v) is 14.8. The summed E-state index contributed by atoms with van der Waals surface area (Å²) in [6.07, 6.45) is 14.0. The number of anilines is 2. The molecule has 4 aromatic rings. The molecule has 31 heavy (non-hydrogen) atoms. The van der Waals surface area contributed by atoms with E-state index in [1.807, 2.05) is 11.3 Å². The van der Waals surface area contributed by atoms with Crippen LogP contribution in [0.5, 0.6) is 0 Å². The first-order valence-electron chi connectivity index (χ1n) is 11.4. The van der Waals surface area contributed by atoms with Gasteiger partial charge in [0, 0.05) is 27.4 Å². The molecule has 0 atom stereocenters. The lowest BCUT2D eigenvalue weighted by molar-refractivity contribution is 0.446. The minimum Gasteiger partial charge on any atom is -0.343 e. The van der Waals surface area contributed by atoms with Crippen molar-refractivity contribution < 1.29 is 0 Å². The van der Waals surface area contributed by atoms with Gasteiger partial charge in [-0.2, -0.15) is 0 Å². The highest BCUT2D eigenvalue weighted by molar-refractivity contribution is 8.32. The Labute approximate surface area is 192 Å². The van der Waals surface area contributed by atoms with Crippen LogP contribution < -0.4 is 4.90 Å². The largest absolute Gasteiger partial charge is 0.343 e. The second kappa shape index (κ2) is 8.18. The van der Waals surface area contributed by atoms with E-state index in [0.29, 0.717) is 0 Å². The fraction of sp³-hybridized carbons (Fsp3) is 0.357. The summed E-state index contributed by atoms with van der Waals surface area (Å²) >= 11 is 2.01. The van der Waals surface area contributed by atoms with Gasteiger partial charge in [0.2, 0.25) is 0 Å². The van der Waals surface area contributed by atoms with Crippen LogP contribution in [0.3, 0.4) is 0 Å². The van der Waals surface area contributed by atoms with Crippen molar-refractivity contribution in [3.8, 4) is 0 Å². The Kier molecular flexibility index (Phi) is 5.52. The highest BCUT2D eigenvalue weighted by Crippen LogP contribution is 2.52.